The quantitative estimate of drug-likeness (QED) is 0.644. The first-order valence-corrected chi connectivity index (χ1v) is 4.88. The van der Waals surface area contributed by atoms with Crippen molar-refractivity contribution in [3.8, 4) is 0 Å². The molecule has 1 aliphatic rings. The summed E-state index contributed by atoms with van der Waals surface area (Å²) in [4.78, 5) is 14.7. The zero-order valence-electron chi connectivity index (χ0n) is 8.65. The highest BCUT2D eigenvalue weighted by atomic mass is 16.4. The molecule has 4 nitrogen and oxygen atoms in total. The van der Waals surface area contributed by atoms with Crippen LogP contribution in [-0.2, 0) is 4.79 Å². The predicted molar refractivity (Wildman–Crippen MR) is 55.3 cm³/mol. The monoisotopic (exact) mass is 198 g/mol. The first-order chi connectivity index (χ1) is 6.63. The Morgan fingerprint density at radius 3 is 3.07 bits per heavy atom. The van der Waals surface area contributed by atoms with Gasteiger partial charge >= 0.3 is 5.97 Å². The van der Waals surface area contributed by atoms with Gasteiger partial charge in [-0.3, -0.25) is 14.6 Å². The zero-order valence-corrected chi connectivity index (χ0v) is 8.65. The lowest BCUT2D eigenvalue weighted by Crippen LogP contribution is -2.37. The van der Waals surface area contributed by atoms with Crippen molar-refractivity contribution in [2.24, 2.45) is 0 Å². The van der Waals surface area contributed by atoms with Gasteiger partial charge in [-0.2, -0.15) is 0 Å². The van der Waals surface area contributed by atoms with E-state index in [-0.39, 0.29) is 6.54 Å². The van der Waals surface area contributed by atoms with E-state index in [2.05, 4.69) is 11.5 Å². The number of nitrogens with zero attached hydrogens (tertiary/aromatic N) is 2. The van der Waals surface area contributed by atoms with Crippen molar-refractivity contribution in [3.63, 3.8) is 0 Å². The van der Waals surface area contributed by atoms with Crippen molar-refractivity contribution in [1.29, 1.82) is 0 Å². The number of carbonyl (C=O) groups is 1. The van der Waals surface area contributed by atoms with Crippen LogP contribution in [0.15, 0.2) is 12.7 Å². The summed E-state index contributed by atoms with van der Waals surface area (Å²) in [5.74, 6) is -0.755. The molecule has 0 aliphatic carbocycles. The van der Waals surface area contributed by atoms with Crippen LogP contribution >= 0.6 is 0 Å². The third-order valence-corrected chi connectivity index (χ3v) is 2.64. The van der Waals surface area contributed by atoms with Crippen LogP contribution in [0.4, 0.5) is 0 Å². The maximum atomic E-state index is 10.5. The smallest absolute Gasteiger partial charge is 0.317 e. The van der Waals surface area contributed by atoms with Gasteiger partial charge in [0.25, 0.3) is 0 Å². The summed E-state index contributed by atoms with van der Waals surface area (Å²) in [5, 5.41) is 8.64. The molecule has 0 spiro atoms. The Labute approximate surface area is 84.8 Å². The average molecular weight is 198 g/mol. The molecule has 0 aromatic carbocycles. The molecule has 0 aromatic heterocycles. The van der Waals surface area contributed by atoms with Crippen molar-refractivity contribution in [3.05, 3.63) is 12.7 Å². The van der Waals surface area contributed by atoms with Crippen LogP contribution in [-0.4, -0.2) is 60.1 Å². The first kappa shape index (κ1) is 11.2. The second-order valence-corrected chi connectivity index (χ2v) is 3.80. The lowest BCUT2D eigenvalue weighted by atomic mass is 10.2. The molecule has 1 heterocycles. The minimum atomic E-state index is -0.755. The van der Waals surface area contributed by atoms with Gasteiger partial charge in [-0.05, 0) is 13.5 Å². The molecule has 0 bridgehead atoms. The van der Waals surface area contributed by atoms with Crippen molar-refractivity contribution in [1.82, 2.24) is 9.80 Å². The normalized spacial score (nSPS) is 22.9. The predicted octanol–water partition coefficient (Wildman–Crippen LogP) is 0.263. The Hall–Kier alpha value is -0.870. The number of rotatable bonds is 5. The number of likely N-dealkylation sites (tertiary alicyclic amines) is 1. The maximum absolute atomic E-state index is 10.5. The summed E-state index contributed by atoms with van der Waals surface area (Å²) < 4.78 is 0. The van der Waals surface area contributed by atoms with Gasteiger partial charge in [0.05, 0.1) is 6.54 Å². The second kappa shape index (κ2) is 5.12. The number of hydrogen-bond donors (Lipinski definition) is 1. The second-order valence-electron chi connectivity index (χ2n) is 3.80. The first-order valence-electron chi connectivity index (χ1n) is 4.88. The van der Waals surface area contributed by atoms with Crippen molar-refractivity contribution < 1.29 is 9.90 Å². The van der Waals surface area contributed by atoms with E-state index in [1.165, 1.54) is 0 Å². The van der Waals surface area contributed by atoms with Gasteiger partial charge in [-0.25, -0.2) is 0 Å². The van der Waals surface area contributed by atoms with Crippen molar-refractivity contribution in [2.45, 2.75) is 12.5 Å². The lowest BCUT2D eigenvalue weighted by Gasteiger charge is -2.22. The summed E-state index contributed by atoms with van der Waals surface area (Å²) in [6, 6.07) is 0.381. The van der Waals surface area contributed by atoms with Gasteiger partial charge in [-0.15, -0.1) is 6.58 Å². The molecule has 1 rings (SSSR count). The van der Waals surface area contributed by atoms with E-state index in [0.29, 0.717) is 6.04 Å². The molecule has 1 fully saturated rings. The van der Waals surface area contributed by atoms with Gasteiger partial charge in [0.15, 0.2) is 0 Å². The highest BCUT2D eigenvalue weighted by molar-refractivity contribution is 5.69. The van der Waals surface area contributed by atoms with Gasteiger partial charge < -0.3 is 5.11 Å². The SMILES string of the molecule is C=CCN1CCC(N(C)CC(=O)O)C1. The molecular weight excluding hydrogens is 180 g/mol. The fraction of sp³-hybridized carbons (Fsp3) is 0.700. The minimum absolute atomic E-state index is 0.132. The van der Waals surface area contributed by atoms with Gasteiger partial charge in [0, 0.05) is 25.7 Å². The summed E-state index contributed by atoms with van der Waals surface area (Å²) in [7, 11) is 1.87. The molecule has 1 saturated heterocycles. The van der Waals surface area contributed by atoms with E-state index < -0.39 is 5.97 Å². The van der Waals surface area contributed by atoms with E-state index >= 15 is 0 Å². The third kappa shape index (κ3) is 3.12. The number of hydrogen-bond acceptors (Lipinski definition) is 3. The fourth-order valence-corrected chi connectivity index (χ4v) is 1.86. The summed E-state index contributed by atoms with van der Waals surface area (Å²) in [6.45, 7) is 6.72. The maximum Gasteiger partial charge on any atom is 0.317 e. The van der Waals surface area contributed by atoms with Crippen LogP contribution in [0, 0.1) is 0 Å². The number of aliphatic carboxylic acids is 1. The largest absolute Gasteiger partial charge is 0.480 e. The number of carboxylic acids is 1. The summed E-state index contributed by atoms with van der Waals surface area (Å²) in [6.07, 6.45) is 2.94. The van der Waals surface area contributed by atoms with Crippen LogP contribution < -0.4 is 0 Å². The Morgan fingerprint density at radius 2 is 2.50 bits per heavy atom. The molecule has 1 atom stereocenters. The van der Waals surface area contributed by atoms with E-state index in [1.54, 1.807) is 0 Å². The highest BCUT2D eigenvalue weighted by Gasteiger charge is 2.25. The third-order valence-electron chi connectivity index (χ3n) is 2.64. The van der Waals surface area contributed by atoms with Crippen LogP contribution in [0.3, 0.4) is 0 Å². The molecule has 0 saturated carbocycles. The molecular formula is C10H18N2O2. The Balaban J connectivity index is 2.33. The highest BCUT2D eigenvalue weighted by Crippen LogP contribution is 2.13. The number of carboxylic acid groups (broad SMARTS) is 1. The standard InChI is InChI=1S/C10H18N2O2/c1-3-5-12-6-4-9(7-12)11(2)8-10(13)14/h3,9H,1,4-8H2,2H3,(H,13,14). The Morgan fingerprint density at radius 1 is 1.79 bits per heavy atom. The molecule has 1 unspecified atom stereocenters. The summed E-state index contributed by atoms with van der Waals surface area (Å²) in [5.41, 5.74) is 0. The molecule has 0 radical (unpaired) electrons. The molecule has 80 valence electrons. The van der Waals surface area contributed by atoms with Crippen LogP contribution in [0.25, 0.3) is 0 Å². The average Bonchev–Trinajstić information content (AvgIpc) is 2.52. The number of likely N-dealkylation sites (N-methyl/N-ethyl adjacent to an activating group) is 1. The fourth-order valence-electron chi connectivity index (χ4n) is 1.86. The molecule has 14 heavy (non-hydrogen) atoms. The van der Waals surface area contributed by atoms with Gasteiger partial charge in [0.1, 0.15) is 0 Å². The molecule has 1 aliphatic heterocycles. The molecule has 0 amide bonds. The molecule has 1 N–H and O–H groups in total. The zero-order chi connectivity index (χ0) is 10.6. The van der Waals surface area contributed by atoms with Crippen LogP contribution in [0.5, 0.6) is 0 Å². The van der Waals surface area contributed by atoms with E-state index in [4.69, 9.17) is 5.11 Å². The van der Waals surface area contributed by atoms with Gasteiger partial charge in [-0.1, -0.05) is 6.08 Å². The Bertz CT molecular complexity index is 218. The van der Waals surface area contributed by atoms with Crippen LogP contribution in [0.2, 0.25) is 0 Å². The van der Waals surface area contributed by atoms with Crippen molar-refractivity contribution in [2.75, 3.05) is 33.2 Å². The topological polar surface area (TPSA) is 43.8 Å². The summed E-state index contributed by atoms with van der Waals surface area (Å²) >= 11 is 0. The minimum Gasteiger partial charge on any atom is -0.480 e. The van der Waals surface area contributed by atoms with Crippen LogP contribution in [0.1, 0.15) is 6.42 Å². The Kier molecular flexibility index (Phi) is 4.10. The van der Waals surface area contributed by atoms with E-state index in [1.807, 2.05) is 18.0 Å². The van der Waals surface area contributed by atoms with Gasteiger partial charge in [0.2, 0.25) is 0 Å². The molecule has 0 aromatic rings. The van der Waals surface area contributed by atoms with E-state index in [0.717, 1.165) is 26.1 Å². The van der Waals surface area contributed by atoms with E-state index in [9.17, 15) is 4.79 Å². The van der Waals surface area contributed by atoms with Crippen molar-refractivity contribution >= 4 is 5.97 Å². The lowest BCUT2D eigenvalue weighted by molar-refractivity contribution is -0.138. The molecule has 4 heteroatoms.